The van der Waals surface area contributed by atoms with Gasteiger partial charge in [-0.05, 0) is 36.8 Å². The van der Waals surface area contributed by atoms with Gasteiger partial charge in [-0.15, -0.1) is 0 Å². The number of amides is 4. The van der Waals surface area contributed by atoms with Crippen LogP contribution >= 0.6 is 0 Å². The number of hydrogen-bond donors (Lipinski definition) is 2. The Kier molecular flexibility index (Phi) is 5.68. The van der Waals surface area contributed by atoms with Crippen LogP contribution in [0.5, 0.6) is 0 Å². The van der Waals surface area contributed by atoms with Crippen molar-refractivity contribution in [1.29, 1.82) is 0 Å². The SMILES string of the molecule is O=C(NCCCN1C(=O)CCC1=O)N[C@H]1CCCCc2ccccc21. The van der Waals surface area contributed by atoms with Crippen LogP contribution in [0.1, 0.15) is 55.7 Å². The number of carbonyl (C=O) groups is 3. The molecule has 2 N–H and O–H groups in total. The summed E-state index contributed by atoms with van der Waals surface area (Å²) in [6.07, 6.45) is 5.45. The Labute approximate surface area is 148 Å². The third-order valence-electron chi connectivity index (χ3n) is 4.92. The predicted octanol–water partition coefficient (Wildman–Crippen LogP) is 2.29. The summed E-state index contributed by atoms with van der Waals surface area (Å²) in [5.41, 5.74) is 2.53. The summed E-state index contributed by atoms with van der Waals surface area (Å²) in [5.74, 6) is -0.214. The molecule has 0 aromatic heterocycles. The minimum atomic E-state index is -0.194. The molecular weight excluding hydrogens is 318 g/mol. The maximum Gasteiger partial charge on any atom is 0.315 e. The summed E-state index contributed by atoms with van der Waals surface area (Å²) < 4.78 is 0. The van der Waals surface area contributed by atoms with E-state index in [0.29, 0.717) is 32.4 Å². The lowest BCUT2D eigenvalue weighted by molar-refractivity contribution is -0.138. The zero-order valence-electron chi connectivity index (χ0n) is 14.4. The maximum absolute atomic E-state index is 12.2. The maximum atomic E-state index is 12.2. The van der Waals surface area contributed by atoms with Gasteiger partial charge in [-0.2, -0.15) is 0 Å². The molecule has 6 heteroatoms. The highest BCUT2D eigenvalue weighted by Crippen LogP contribution is 2.28. The lowest BCUT2D eigenvalue weighted by atomic mass is 9.99. The highest BCUT2D eigenvalue weighted by atomic mass is 16.2. The van der Waals surface area contributed by atoms with Crippen LogP contribution in [-0.2, 0) is 16.0 Å². The van der Waals surface area contributed by atoms with Gasteiger partial charge in [-0.3, -0.25) is 14.5 Å². The lowest BCUT2D eigenvalue weighted by Gasteiger charge is -2.20. The predicted molar refractivity (Wildman–Crippen MR) is 93.8 cm³/mol. The molecule has 1 aliphatic heterocycles. The van der Waals surface area contributed by atoms with Crippen LogP contribution in [0, 0.1) is 0 Å². The molecule has 3 rings (SSSR count). The second-order valence-corrected chi connectivity index (χ2v) is 6.69. The highest BCUT2D eigenvalue weighted by Gasteiger charge is 2.28. The molecule has 1 fully saturated rings. The van der Waals surface area contributed by atoms with E-state index < -0.39 is 0 Å². The molecule has 0 unspecified atom stereocenters. The summed E-state index contributed by atoms with van der Waals surface area (Å²) in [6.45, 7) is 0.821. The van der Waals surface area contributed by atoms with E-state index in [1.54, 1.807) is 0 Å². The standard InChI is InChI=1S/C19H25N3O3/c23-17-10-11-18(24)22(17)13-5-12-20-19(25)21-16-9-4-2-7-14-6-1-3-8-15(14)16/h1,3,6,8,16H,2,4-5,7,9-13H2,(H2,20,21,25)/t16-/m0/s1. The Morgan fingerprint density at radius 1 is 1.08 bits per heavy atom. The van der Waals surface area contributed by atoms with Gasteiger partial charge in [0.25, 0.3) is 0 Å². The Bertz CT molecular complexity index is 643. The van der Waals surface area contributed by atoms with E-state index in [9.17, 15) is 14.4 Å². The van der Waals surface area contributed by atoms with E-state index in [0.717, 1.165) is 25.7 Å². The van der Waals surface area contributed by atoms with Gasteiger partial charge >= 0.3 is 6.03 Å². The van der Waals surface area contributed by atoms with Crippen LogP contribution in [-0.4, -0.2) is 35.8 Å². The fourth-order valence-corrected chi connectivity index (χ4v) is 3.59. The van der Waals surface area contributed by atoms with Gasteiger partial charge in [0.15, 0.2) is 0 Å². The first kappa shape index (κ1) is 17.5. The molecule has 0 spiro atoms. The fraction of sp³-hybridized carbons (Fsp3) is 0.526. The molecule has 134 valence electrons. The third kappa shape index (κ3) is 4.38. The van der Waals surface area contributed by atoms with Gasteiger partial charge in [-0.1, -0.05) is 30.7 Å². The van der Waals surface area contributed by atoms with Crippen molar-refractivity contribution in [3.8, 4) is 0 Å². The van der Waals surface area contributed by atoms with Gasteiger partial charge in [0.05, 0.1) is 6.04 Å². The Morgan fingerprint density at radius 2 is 1.84 bits per heavy atom. The average Bonchev–Trinajstić information content (AvgIpc) is 2.81. The molecule has 4 amide bonds. The molecule has 2 aliphatic rings. The van der Waals surface area contributed by atoms with Crippen molar-refractivity contribution >= 4 is 17.8 Å². The van der Waals surface area contributed by atoms with Crippen molar-refractivity contribution in [2.24, 2.45) is 0 Å². The zero-order valence-corrected chi connectivity index (χ0v) is 14.4. The van der Waals surface area contributed by atoms with Crippen LogP contribution in [0.25, 0.3) is 0 Å². The molecule has 1 aromatic rings. The summed E-state index contributed by atoms with van der Waals surface area (Å²) in [6, 6.07) is 8.14. The van der Waals surface area contributed by atoms with E-state index in [1.165, 1.54) is 16.0 Å². The minimum Gasteiger partial charge on any atom is -0.338 e. The number of benzene rings is 1. The molecule has 1 heterocycles. The smallest absolute Gasteiger partial charge is 0.315 e. The molecule has 0 radical (unpaired) electrons. The summed E-state index contributed by atoms with van der Waals surface area (Å²) >= 11 is 0. The van der Waals surface area contributed by atoms with E-state index in [1.807, 2.05) is 12.1 Å². The molecular formula is C19H25N3O3. The highest BCUT2D eigenvalue weighted by molar-refractivity contribution is 6.01. The van der Waals surface area contributed by atoms with Crippen molar-refractivity contribution < 1.29 is 14.4 Å². The van der Waals surface area contributed by atoms with Crippen molar-refractivity contribution in [2.75, 3.05) is 13.1 Å². The molecule has 0 saturated carbocycles. The Hall–Kier alpha value is -2.37. The number of nitrogens with zero attached hydrogens (tertiary/aromatic N) is 1. The molecule has 1 aromatic carbocycles. The number of urea groups is 1. The molecule has 1 aliphatic carbocycles. The topological polar surface area (TPSA) is 78.5 Å². The number of hydrogen-bond acceptors (Lipinski definition) is 3. The van der Waals surface area contributed by atoms with Gasteiger partial charge < -0.3 is 10.6 Å². The quantitative estimate of drug-likeness (QED) is 0.489. The first-order valence-corrected chi connectivity index (χ1v) is 9.10. The first-order valence-electron chi connectivity index (χ1n) is 9.10. The lowest BCUT2D eigenvalue weighted by Crippen LogP contribution is -2.39. The summed E-state index contributed by atoms with van der Waals surface area (Å²) in [4.78, 5) is 36.5. The Balaban J connectivity index is 1.45. The van der Waals surface area contributed by atoms with Crippen LogP contribution in [0.4, 0.5) is 4.79 Å². The van der Waals surface area contributed by atoms with Gasteiger partial charge in [0, 0.05) is 25.9 Å². The number of imide groups is 1. The van der Waals surface area contributed by atoms with Crippen molar-refractivity contribution in [3.63, 3.8) is 0 Å². The largest absolute Gasteiger partial charge is 0.338 e. The third-order valence-corrected chi connectivity index (χ3v) is 4.92. The minimum absolute atomic E-state index is 0.0421. The van der Waals surface area contributed by atoms with Crippen molar-refractivity contribution in [2.45, 2.75) is 51.0 Å². The van der Waals surface area contributed by atoms with E-state index in [2.05, 4.69) is 22.8 Å². The number of fused-ring (bicyclic) bond motifs is 1. The second kappa shape index (κ2) is 8.14. The summed E-state index contributed by atoms with van der Waals surface area (Å²) in [7, 11) is 0. The van der Waals surface area contributed by atoms with Crippen molar-refractivity contribution in [1.82, 2.24) is 15.5 Å². The average molecular weight is 343 g/mol. The summed E-state index contributed by atoms with van der Waals surface area (Å²) in [5, 5.41) is 5.90. The van der Waals surface area contributed by atoms with Crippen LogP contribution in [0.15, 0.2) is 24.3 Å². The monoisotopic (exact) mass is 343 g/mol. The first-order chi connectivity index (χ1) is 12.1. The van der Waals surface area contributed by atoms with Gasteiger partial charge in [0.1, 0.15) is 0 Å². The Morgan fingerprint density at radius 3 is 2.64 bits per heavy atom. The number of aryl methyl sites for hydroxylation is 1. The van der Waals surface area contributed by atoms with E-state index in [4.69, 9.17) is 0 Å². The zero-order chi connectivity index (χ0) is 17.6. The van der Waals surface area contributed by atoms with Gasteiger partial charge in [-0.25, -0.2) is 4.79 Å². The number of carbonyl (C=O) groups excluding carboxylic acids is 3. The normalized spacial score (nSPS) is 20.2. The van der Waals surface area contributed by atoms with Crippen LogP contribution in [0.3, 0.4) is 0 Å². The van der Waals surface area contributed by atoms with Crippen LogP contribution in [0.2, 0.25) is 0 Å². The number of likely N-dealkylation sites (tertiary alicyclic amines) is 1. The molecule has 0 bridgehead atoms. The van der Waals surface area contributed by atoms with Gasteiger partial charge in [0.2, 0.25) is 11.8 Å². The van der Waals surface area contributed by atoms with Crippen molar-refractivity contribution in [3.05, 3.63) is 35.4 Å². The fourth-order valence-electron chi connectivity index (χ4n) is 3.59. The van der Waals surface area contributed by atoms with E-state index >= 15 is 0 Å². The number of nitrogens with one attached hydrogen (secondary N) is 2. The molecule has 6 nitrogen and oxygen atoms in total. The molecule has 1 atom stereocenters. The van der Waals surface area contributed by atoms with Crippen LogP contribution < -0.4 is 10.6 Å². The molecule has 1 saturated heterocycles. The second-order valence-electron chi connectivity index (χ2n) is 6.69. The molecule has 25 heavy (non-hydrogen) atoms. The number of rotatable bonds is 5. The van der Waals surface area contributed by atoms with E-state index in [-0.39, 0.29) is 23.9 Å².